The Kier molecular flexibility index (Phi) is 7.14. The number of hydrogen-bond acceptors (Lipinski definition) is 10. The molecule has 3 fully saturated rings. The standard InChI is InChI=1S/C32H36FNO10/c1-29(2)43-26-13-21-20-12-23(33)22-11-19(35)9-10-30(22,3)27(20)24(36)14-31(21,4)32(26,44-29)25(37)16-41-28(38)18-7-5-17(6-8-18)15-42-34(39)40/h5-10,20-21,24,26-27,36H,11-16H2,1-4H3/t20?,21?,24-,26+,27?,30-,31-,32+/m0/s1. The third-order valence-corrected chi connectivity index (χ3v) is 10.8. The quantitative estimate of drug-likeness (QED) is 0.269. The summed E-state index contributed by atoms with van der Waals surface area (Å²) in [5.41, 5.74) is -2.33. The van der Waals surface area contributed by atoms with Gasteiger partial charge in [0.15, 0.2) is 23.8 Å². The molecule has 1 aromatic carbocycles. The smallest absolute Gasteiger partial charge is 0.338 e. The third kappa shape index (κ3) is 4.52. The van der Waals surface area contributed by atoms with Crippen molar-refractivity contribution in [3.05, 3.63) is 69.1 Å². The molecule has 1 heterocycles. The molecule has 11 nitrogen and oxygen atoms in total. The largest absolute Gasteiger partial charge is 0.454 e. The van der Waals surface area contributed by atoms with E-state index in [1.807, 2.05) is 13.8 Å². The minimum atomic E-state index is -1.56. The van der Waals surface area contributed by atoms with Gasteiger partial charge in [0.05, 0.1) is 17.8 Å². The number of Topliss-reactive ketones (excluding diaryl/α,β-unsaturated/α-hetero) is 1. The van der Waals surface area contributed by atoms with Crippen LogP contribution in [-0.2, 0) is 35.2 Å². The summed E-state index contributed by atoms with van der Waals surface area (Å²) in [5, 5.41) is 21.3. The maximum Gasteiger partial charge on any atom is 0.338 e. The van der Waals surface area contributed by atoms with Crippen LogP contribution >= 0.6 is 0 Å². The number of rotatable bonds is 7. The average molecular weight is 614 g/mol. The van der Waals surface area contributed by atoms with E-state index in [0.29, 0.717) is 17.6 Å². The number of fused-ring (bicyclic) bond motifs is 7. The van der Waals surface area contributed by atoms with Gasteiger partial charge in [0.2, 0.25) is 5.78 Å². The molecule has 8 atom stereocenters. The van der Waals surface area contributed by atoms with Crippen molar-refractivity contribution >= 4 is 17.5 Å². The van der Waals surface area contributed by atoms with E-state index in [2.05, 4.69) is 4.84 Å². The van der Waals surface area contributed by atoms with Crippen LogP contribution in [-0.4, -0.2) is 57.9 Å². The molecule has 0 aromatic heterocycles. The summed E-state index contributed by atoms with van der Waals surface area (Å²) in [4.78, 5) is 54.0. The SMILES string of the molecule is CC1(C)O[C@@H]2CC3C4CC(F)=C5CC(=O)C=C[C@]5(C)C4[C@@H](O)C[C@]3(C)[C@]2(C(=O)COC(=O)c2ccc(CO[N+](=O)[O-])cc2)O1. The number of carbonyl (C=O) groups excluding carboxylic acids is 3. The first-order valence-corrected chi connectivity index (χ1v) is 14.8. The molecule has 12 heteroatoms. The second-order valence-electron chi connectivity index (χ2n) is 13.6. The number of ether oxygens (including phenoxy) is 3. The van der Waals surface area contributed by atoms with E-state index >= 15 is 4.39 Å². The van der Waals surface area contributed by atoms with E-state index in [0.717, 1.165) is 0 Å². The topological polar surface area (TPSA) is 152 Å². The van der Waals surface area contributed by atoms with Gasteiger partial charge in [-0.25, -0.2) is 9.18 Å². The van der Waals surface area contributed by atoms with Crippen LogP contribution in [0.5, 0.6) is 0 Å². The van der Waals surface area contributed by atoms with Crippen LogP contribution in [0.1, 0.15) is 69.3 Å². The summed E-state index contributed by atoms with van der Waals surface area (Å²) >= 11 is 0. The highest BCUT2D eigenvalue weighted by atomic mass is 19.1. The van der Waals surface area contributed by atoms with E-state index in [9.17, 15) is 29.6 Å². The third-order valence-electron chi connectivity index (χ3n) is 10.8. The van der Waals surface area contributed by atoms with E-state index in [-0.39, 0.29) is 60.8 Å². The highest BCUT2D eigenvalue weighted by molar-refractivity contribution is 5.95. The number of carbonyl (C=O) groups is 3. The van der Waals surface area contributed by atoms with Crippen molar-refractivity contribution in [3.63, 3.8) is 0 Å². The van der Waals surface area contributed by atoms with Crippen LogP contribution in [0, 0.1) is 38.7 Å². The number of aliphatic hydroxyl groups is 1. The van der Waals surface area contributed by atoms with Crippen molar-refractivity contribution in [2.75, 3.05) is 6.61 Å². The van der Waals surface area contributed by atoms with Crippen molar-refractivity contribution < 1.29 is 48.0 Å². The highest BCUT2D eigenvalue weighted by Gasteiger charge is 2.77. The fraction of sp³-hybridized carbons (Fsp3) is 0.594. The van der Waals surface area contributed by atoms with E-state index < -0.39 is 57.9 Å². The van der Waals surface area contributed by atoms with Gasteiger partial charge in [0.25, 0.3) is 5.09 Å². The lowest BCUT2D eigenvalue weighted by Gasteiger charge is -2.59. The van der Waals surface area contributed by atoms with Crippen molar-refractivity contribution in [1.29, 1.82) is 0 Å². The molecule has 1 aromatic rings. The van der Waals surface area contributed by atoms with Crippen LogP contribution in [0.4, 0.5) is 4.39 Å². The summed E-state index contributed by atoms with van der Waals surface area (Å²) in [5.74, 6) is -3.89. The van der Waals surface area contributed by atoms with Crippen molar-refractivity contribution in [3.8, 4) is 0 Å². The zero-order valence-corrected chi connectivity index (χ0v) is 25.0. The van der Waals surface area contributed by atoms with Gasteiger partial charge in [-0.3, -0.25) is 9.59 Å². The molecule has 4 aliphatic carbocycles. The van der Waals surface area contributed by atoms with Crippen molar-refractivity contribution in [2.45, 2.75) is 83.6 Å². The fourth-order valence-electron chi connectivity index (χ4n) is 9.09. The Balaban J connectivity index is 1.27. The van der Waals surface area contributed by atoms with Gasteiger partial charge in [-0.15, -0.1) is 10.1 Å². The Labute approximate surface area is 253 Å². The molecular formula is C32H36FNO10. The molecule has 44 heavy (non-hydrogen) atoms. The molecule has 1 saturated heterocycles. The highest BCUT2D eigenvalue weighted by Crippen LogP contribution is 2.70. The summed E-state index contributed by atoms with van der Waals surface area (Å²) in [7, 11) is 0. The van der Waals surface area contributed by atoms with Gasteiger partial charge >= 0.3 is 5.97 Å². The Morgan fingerprint density at radius 1 is 1.18 bits per heavy atom. The van der Waals surface area contributed by atoms with Gasteiger partial charge < -0.3 is 24.2 Å². The molecular weight excluding hydrogens is 577 g/mol. The minimum absolute atomic E-state index is 0.0110. The number of aliphatic hydroxyl groups excluding tert-OH is 1. The van der Waals surface area contributed by atoms with Gasteiger partial charge in [0.1, 0.15) is 12.4 Å². The normalized spacial score (nSPS) is 38.3. The zero-order valence-electron chi connectivity index (χ0n) is 25.0. The monoisotopic (exact) mass is 613 g/mol. The minimum Gasteiger partial charge on any atom is -0.454 e. The second kappa shape index (κ2) is 10.3. The fourth-order valence-corrected chi connectivity index (χ4v) is 9.09. The maximum absolute atomic E-state index is 15.7. The van der Waals surface area contributed by atoms with Gasteiger partial charge in [-0.05, 0) is 67.9 Å². The first kappa shape index (κ1) is 30.5. The lowest BCUT2D eigenvalue weighted by Crippen LogP contribution is -2.64. The average Bonchev–Trinajstić information content (AvgIpc) is 3.36. The lowest BCUT2D eigenvalue weighted by atomic mass is 9.46. The molecule has 2 saturated carbocycles. The zero-order chi connectivity index (χ0) is 31.8. The van der Waals surface area contributed by atoms with Crippen LogP contribution in [0.15, 0.2) is 47.8 Å². The van der Waals surface area contributed by atoms with Gasteiger partial charge in [-0.1, -0.05) is 32.1 Å². The number of halogens is 1. The first-order chi connectivity index (χ1) is 20.6. The molecule has 236 valence electrons. The molecule has 0 spiro atoms. The molecule has 6 rings (SSSR count). The molecule has 0 radical (unpaired) electrons. The summed E-state index contributed by atoms with van der Waals surface area (Å²) < 4.78 is 34.0. The predicted octanol–water partition coefficient (Wildman–Crippen LogP) is 4.20. The maximum atomic E-state index is 15.7. The molecule has 0 bridgehead atoms. The number of nitrogens with zero attached hydrogens (tertiary/aromatic N) is 1. The van der Waals surface area contributed by atoms with Crippen molar-refractivity contribution in [1.82, 2.24) is 0 Å². The van der Waals surface area contributed by atoms with Gasteiger partial charge in [0, 0.05) is 29.6 Å². The first-order valence-electron chi connectivity index (χ1n) is 14.8. The Hall–Kier alpha value is -3.48. The Bertz CT molecular complexity index is 1490. The Morgan fingerprint density at radius 3 is 2.57 bits per heavy atom. The lowest BCUT2D eigenvalue weighted by molar-refractivity contribution is -0.763. The molecule has 1 aliphatic heterocycles. The number of allylic oxidation sites excluding steroid dienone is 4. The number of ketones is 2. The van der Waals surface area contributed by atoms with Crippen LogP contribution in [0.25, 0.3) is 0 Å². The van der Waals surface area contributed by atoms with Gasteiger partial charge in [-0.2, -0.15) is 0 Å². The summed E-state index contributed by atoms with van der Waals surface area (Å²) in [6.45, 7) is 6.28. The number of esters is 1. The summed E-state index contributed by atoms with van der Waals surface area (Å²) in [6.07, 6.45) is 2.17. The second-order valence-corrected chi connectivity index (χ2v) is 13.6. The van der Waals surface area contributed by atoms with Crippen LogP contribution in [0.3, 0.4) is 0 Å². The summed E-state index contributed by atoms with van der Waals surface area (Å²) in [6, 6.07) is 5.80. The number of benzene rings is 1. The van der Waals surface area contributed by atoms with E-state index in [1.54, 1.807) is 19.9 Å². The van der Waals surface area contributed by atoms with Crippen molar-refractivity contribution in [2.24, 2.45) is 28.6 Å². The molecule has 0 amide bonds. The van der Waals surface area contributed by atoms with Crippen LogP contribution < -0.4 is 0 Å². The van der Waals surface area contributed by atoms with E-state index in [4.69, 9.17) is 14.2 Å². The number of hydrogen-bond donors (Lipinski definition) is 1. The Morgan fingerprint density at radius 2 is 1.89 bits per heavy atom. The molecule has 1 N–H and O–H groups in total. The molecule has 3 unspecified atom stereocenters. The predicted molar refractivity (Wildman–Crippen MR) is 150 cm³/mol. The van der Waals surface area contributed by atoms with Crippen LogP contribution in [0.2, 0.25) is 0 Å². The van der Waals surface area contributed by atoms with E-state index in [1.165, 1.54) is 30.3 Å². The molecule has 5 aliphatic rings.